The summed E-state index contributed by atoms with van der Waals surface area (Å²) in [5.74, 6) is 0.897. The highest BCUT2D eigenvalue weighted by atomic mass is 35.5. The zero-order valence-corrected chi connectivity index (χ0v) is 20.3. The van der Waals surface area contributed by atoms with Gasteiger partial charge < -0.3 is 4.90 Å². The van der Waals surface area contributed by atoms with Crippen molar-refractivity contribution in [3.05, 3.63) is 86.0 Å². The van der Waals surface area contributed by atoms with E-state index in [0.29, 0.717) is 5.02 Å². The van der Waals surface area contributed by atoms with Gasteiger partial charge in [0.05, 0.1) is 11.1 Å². The third-order valence-corrected chi connectivity index (χ3v) is 8.19. The Morgan fingerprint density at radius 1 is 1.12 bits per heavy atom. The van der Waals surface area contributed by atoms with Crippen molar-refractivity contribution >= 4 is 44.9 Å². The van der Waals surface area contributed by atoms with Gasteiger partial charge in [-0.2, -0.15) is 0 Å². The number of nitrogens with zero attached hydrogens (tertiary/aromatic N) is 3. The summed E-state index contributed by atoms with van der Waals surface area (Å²) in [4.78, 5) is 23.2. The van der Waals surface area contributed by atoms with Gasteiger partial charge in [0.15, 0.2) is 5.16 Å². The number of hydrogen-bond donors (Lipinski definition) is 0. The topological polar surface area (TPSA) is 38.1 Å². The maximum atomic E-state index is 13.8. The van der Waals surface area contributed by atoms with Crippen molar-refractivity contribution in [2.75, 3.05) is 19.3 Å². The Morgan fingerprint density at radius 3 is 2.69 bits per heavy atom. The summed E-state index contributed by atoms with van der Waals surface area (Å²) in [7, 11) is 2.13. The van der Waals surface area contributed by atoms with Gasteiger partial charge in [-0.1, -0.05) is 53.7 Å². The minimum atomic E-state index is 0.0323. The molecule has 32 heavy (non-hydrogen) atoms. The van der Waals surface area contributed by atoms with Crippen LogP contribution in [0.2, 0.25) is 5.02 Å². The molecule has 7 heteroatoms. The molecule has 0 amide bonds. The number of benzene rings is 2. The first kappa shape index (κ1) is 21.7. The van der Waals surface area contributed by atoms with Crippen LogP contribution >= 0.6 is 34.7 Å². The molecule has 0 saturated carbocycles. The molecule has 164 valence electrons. The predicted octanol–water partition coefficient (Wildman–Crippen LogP) is 5.81. The fourth-order valence-electron chi connectivity index (χ4n) is 4.15. The Kier molecular flexibility index (Phi) is 6.37. The van der Waals surface area contributed by atoms with Gasteiger partial charge >= 0.3 is 0 Å². The smallest absolute Gasteiger partial charge is 0.267 e. The molecule has 0 N–H and O–H groups in total. The molecule has 4 nitrogen and oxygen atoms in total. The van der Waals surface area contributed by atoms with Crippen molar-refractivity contribution in [3.63, 3.8) is 0 Å². The number of fused-ring (bicyclic) bond motifs is 3. The predicted molar refractivity (Wildman–Crippen MR) is 136 cm³/mol. The maximum absolute atomic E-state index is 13.8. The van der Waals surface area contributed by atoms with Gasteiger partial charge in [0.1, 0.15) is 4.83 Å². The molecule has 1 aliphatic rings. The zero-order valence-electron chi connectivity index (χ0n) is 17.9. The highest BCUT2D eigenvalue weighted by Crippen LogP contribution is 2.34. The highest BCUT2D eigenvalue weighted by Gasteiger charge is 2.24. The quantitative estimate of drug-likeness (QED) is 0.198. The number of hydrogen-bond acceptors (Lipinski definition) is 5. The zero-order chi connectivity index (χ0) is 22.1. The number of aromatic nitrogens is 2. The molecule has 0 bridgehead atoms. The standard InChI is InChI=1S/C25H24ClN3OS2/c1-28-14-13-20-21(16-28)32-23-22(20)24(30)29(19-11-9-18(26)10-12-19)25(27-23)31-15-5-8-17-6-3-2-4-7-17/h2-4,6-7,9-12H,5,8,13-16H2,1H3. The van der Waals surface area contributed by atoms with E-state index < -0.39 is 0 Å². The lowest BCUT2D eigenvalue weighted by molar-refractivity contribution is 0.318. The Labute approximate surface area is 200 Å². The van der Waals surface area contributed by atoms with Crippen LogP contribution in [0.1, 0.15) is 22.4 Å². The molecule has 0 spiro atoms. The lowest BCUT2D eigenvalue weighted by Crippen LogP contribution is -2.27. The van der Waals surface area contributed by atoms with Crippen molar-refractivity contribution < 1.29 is 0 Å². The second-order valence-corrected chi connectivity index (χ2v) is 10.7. The van der Waals surface area contributed by atoms with Crippen LogP contribution in [0.3, 0.4) is 0 Å². The molecule has 2 aromatic heterocycles. The largest absolute Gasteiger partial charge is 0.301 e. The summed E-state index contributed by atoms with van der Waals surface area (Å²) in [6.45, 7) is 1.85. The van der Waals surface area contributed by atoms with Crippen LogP contribution in [0, 0.1) is 0 Å². The molecule has 0 saturated heterocycles. The monoisotopic (exact) mass is 481 g/mol. The van der Waals surface area contributed by atoms with Crippen LogP contribution in [0.15, 0.2) is 64.5 Å². The molecular weight excluding hydrogens is 458 g/mol. The van der Waals surface area contributed by atoms with E-state index in [-0.39, 0.29) is 5.56 Å². The molecule has 5 rings (SSSR count). The van der Waals surface area contributed by atoms with E-state index in [1.54, 1.807) is 27.7 Å². The maximum Gasteiger partial charge on any atom is 0.267 e. The summed E-state index contributed by atoms with van der Waals surface area (Å²) in [6.07, 6.45) is 2.93. The number of rotatable bonds is 6. The molecule has 0 aliphatic carbocycles. The summed E-state index contributed by atoms with van der Waals surface area (Å²) in [5, 5.41) is 2.20. The van der Waals surface area contributed by atoms with Gasteiger partial charge in [0, 0.05) is 28.7 Å². The average Bonchev–Trinajstić information content (AvgIpc) is 3.16. The molecule has 1 aliphatic heterocycles. The summed E-state index contributed by atoms with van der Waals surface area (Å²) in [6, 6.07) is 18.0. The van der Waals surface area contributed by atoms with Crippen molar-refractivity contribution in [1.29, 1.82) is 0 Å². The van der Waals surface area contributed by atoms with E-state index in [0.717, 1.165) is 59.2 Å². The Hall–Kier alpha value is -2.12. The van der Waals surface area contributed by atoms with Gasteiger partial charge in [-0.25, -0.2) is 4.98 Å². The number of likely N-dealkylation sites (N-methyl/N-ethyl adjacent to an activating group) is 1. The van der Waals surface area contributed by atoms with Gasteiger partial charge in [-0.15, -0.1) is 11.3 Å². The number of halogens is 1. The number of thiophene rings is 1. The molecule has 0 unspecified atom stereocenters. The van der Waals surface area contributed by atoms with Crippen LogP contribution in [0.25, 0.3) is 15.9 Å². The van der Waals surface area contributed by atoms with Gasteiger partial charge in [-0.05, 0) is 61.7 Å². The van der Waals surface area contributed by atoms with E-state index in [9.17, 15) is 4.79 Å². The van der Waals surface area contributed by atoms with E-state index >= 15 is 0 Å². The van der Waals surface area contributed by atoms with E-state index in [4.69, 9.17) is 16.6 Å². The molecule has 0 atom stereocenters. The second kappa shape index (κ2) is 9.40. The normalized spacial score (nSPS) is 14.1. The fourth-order valence-corrected chi connectivity index (χ4v) is 6.57. The van der Waals surface area contributed by atoms with Crippen molar-refractivity contribution in [2.24, 2.45) is 0 Å². The molecule has 0 fully saturated rings. The van der Waals surface area contributed by atoms with Crippen LogP contribution in [0.4, 0.5) is 0 Å². The minimum Gasteiger partial charge on any atom is -0.301 e. The minimum absolute atomic E-state index is 0.0323. The molecule has 4 aromatic rings. The van der Waals surface area contributed by atoms with E-state index in [2.05, 4.69) is 36.2 Å². The van der Waals surface area contributed by atoms with Gasteiger partial charge in [0.25, 0.3) is 5.56 Å². The first-order chi connectivity index (χ1) is 15.6. The van der Waals surface area contributed by atoms with Crippen molar-refractivity contribution in [3.8, 4) is 5.69 Å². The average molecular weight is 482 g/mol. The number of aryl methyl sites for hydroxylation is 1. The first-order valence-electron chi connectivity index (χ1n) is 10.8. The lowest BCUT2D eigenvalue weighted by Gasteiger charge is -2.21. The first-order valence-corrected chi connectivity index (χ1v) is 13.0. The molecular formula is C25H24ClN3OS2. The Bertz CT molecular complexity index is 1300. The van der Waals surface area contributed by atoms with Crippen molar-refractivity contribution in [1.82, 2.24) is 14.5 Å². The highest BCUT2D eigenvalue weighted by molar-refractivity contribution is 7.99. The summed E-state index contributed by atoms with van der Waals surface area (Å²) >= 11 is 9.44. The van der Waals surface area contributed by atoms with Crippen LogP contribution in [-0.2, 0) is 19.4 Å². The summed E-state index contributed by atoms with van der Waals surface area (Å²) in [5.41, 5.74) is 3.36. The van der Waals surface area contributed by atoms with Gasteiger partial charge in [-0.3, -0.25) is 9.36 Å². The fraction of sp³-hybridized carbons (Fsp3) is 0.280. The Morgan fingerprint density at radius 2 is 1.91 bits per heavy atom. The molecule has 2 aromatic carbocycles. The van der Waals surface area contributed by atoms with Crippen LogP contribution in [-0.4, -0.2) is 33.8 Å². The van der Waals surface area contributed by atoms with Crippen LogP contribution < -0.4 is 5.56 Å². The summed E-state index contributed by atoms with van der Waals surface area (Å²) < 4.78 is 1.77. The second-order valence-electron chi connectivity index (χ2n) is 8.12. The van der Waals surface area contributed by atoms with E-state index in [1.807, 2.05) is 30.3 Å². The molecule has 3 heterocycles. The Balaban J connectivity index is 1.52. The van der Waals surface area contributed by atoms with Gasteiger partial charge in [0.2, 0.25) is 0 Å². The number of thioether (sulfide) groups is 1. The van der Waals surface area contributed by atoms with E-state index in [1.165, 1.54) is 16.0 Å². The molecule has 0 radical (unpaired) electrons. The lowest BCUT2D eigenvalue weighted by atomic mass is 10.1. The van der Waals surface area contributed by atoms with Crippen molar-refractivity contribution in [2.45, 2.75) is 31.0 Å². The van der Waals surface area contributed by atoms with Crippen LogP contribution in [0.5, 0.6) is 0 Å². The third kappa shape index (κ3) is 4.37. The SMILES string of the molecule is CN1CCc2c(sc3nc(SCCCc4ccccc4)n(-c4ccc(Cl)cc4)c(=O)c23)C1. The third-order valence-electron chi connectivity index (χ3n) is 5.80.